The molecule has 24 heteroatoms. The maximum atomic E-state index is 13.2. The molecule has 4 aromatic carbocycles. The zero-order valence-electron chi connectivity index (χ0n) is 39.6. The standard InChI is InChI=1S/C49H48N4O16S4/c1-6-22-51-39-17-14-34-36(26-33(72(63,64)65)27-40(34)73(66,67)68)46(39)49(4,5)41(51)18-11-30(37-15-9-31(28-50-37)47(56)69-53-43(54)20-21-44(53)55)12-19-42-48(2,3)45-35-25-32(71(60,61)62)13-8-29(35)10-16-38(45)52(42)23-7-24-70(57,58)59/h8-21,25-28H,6-7,22-24H2,1-5H3,(H5-,54,55,57,58,59,60,61,62,63,64,65,66,67,68)/p+1. The molecular formula is C49H49N4O16S4+. The number of hydrogen-bond donors (Lipinski definition) is 6. The first-order valence-corrected chi connectivity index (χ1v) is 28.2. The van der Waals surface area contributed by atoms with Gasteiger partial charge in [0.25, 0.3) is 40.5 Å². The first-order chi connectivity index (χ1) is 33.9. The van der Waals surface area contributed by atoms with E-state index in [1.807, 2.05) is 44.1 Å². The van der Waals surface area contributed by atoms with Crippen molar-refractivity contribution in [2.45, 2.75) is 73.0 Å². The Bertz CT molecular complexity index is 3890. The minimum atomic E-state index is -5.01. The largest absolute Gasteiger partial charge is 0.492 e. The summed E-state index contributed by atoms with van der Waals surface area (Å²) in [5.74, 6) is -2.66. The highest BCUT2D eigenvalue weighted by Crippen LogP contribution is 2.52. The van der Waals surface area contributed by atoms with Gasteiger partial charge >= 0.3 is 5.97 Å². The third-order valence-corrected chi connectivity index (χ3v) is 16.3. The van der Waals surface area contributed by atoms with Crippen LogP contribution in [-0.2, 0) is 51.3 Å². The van der Waals surface area contributed by atoms with Crippen molar-refractivity contribution < 1.29 is 76.3 Å². The second kappa shape index (κ2) is 18.6. The van der Waals surface area contributed by atoms with Crippen LogP contribution in [0.25, 0.3) is 27.1 Å². The number of benzene rings is 4. The van der Waals surface area contributed by atoms with Crippen LogP contribution in [0.2, 0.25) is 0 Å². The third kappa shape index (κ3) is 10.0. The molecule has 8 rings (SSSR count). The van der Waals surface area contributed by atoms with Crippen LogP contribution < -0.4 is 9.74 Å². The SMILES string of the molecule is CCCN1C(=CC=C(C=CC2=[N+](CCCS(=O)(=O)O)c3ccc4ccc(S(=O)(=O)O)cc4c3C2(C)C)c2ccc(C(=O)On3c(O)ccc3O)cn2)C(C)(C)c2c1ccc1c(S(=O)(=O)O)cc(S(=O)(=O)O)cc21. The van der Waals surface area contributed by atoms with Gasteiger partial charge < -0.3 is 20.0 Å². The summed E-state index contributed by atoms with van der Waals surface area (Å²) in [6.45, 7) is 9.83. The lowest BCUT2D eigenvalue weighted by Crippen LogP contribution is -2.28. The van der Waals surface area contributed by atoms with Gasteiger partial charge in [0.15, 0.2) is 5.71 Å². The van der Waals surface area contributed by atoms with Gasteiger partial charge in [-0.15, -0.1) is 4.73 Å². The summed E-state index contributed by atoms with van der Waals surface area (Å²) in [6.07, 6.45) is 8.75. The van der Waals surface area contributed by atoms with Crippen LogP contribution in [0.15, 0.2) is 130 Å². The van der Waals surface area contributed by atoms with Gasteiger partial charge in [-0.3, -0.25) is 23.2 Å². The summed E-state index contributed by atoms with van der Waals surface area (Å²) in [5.41, 5.74) is 2.12. The maximum Gasteiger partial charge on any atom is 0.365 e. The van der Waals surface area contributed by atoms with Crippen LogP contribution in [0.3, 0.4) is 0 Å². The first-order valence-electron chi connectivity index (χ1n) is 22.3. The lowest BCUT2D eigenvalue weighted by molar-refractivity contribution is -0.437. The molecule has 0 spiro atoms. The Morgan fingerprint density at radius 3 is 2.00 bits per heavy atom. The van der Waals surface area contributed by atoms with Gasteiger partial charge in [-0.2, -0.15) is 38.2 Å². The summed E-state index contributed by atoms with van der Waals surface area (Å²) >= 11 is 0. The number of hydrogen-bond acceptors (Lipinski definition) is 14. The van der Waals surface area contributed by atoms with Crippen molar-refractivity contribution in [3.8, 4) is 11.8 Å². The van der Waals surface area contributed by atoms with Crippen LogP contribution in [0.5, 0.6) is 11.8 Å². The molecule has 20 nitrogen and oxygen atoms in total. The van der Waals surface area contributed by atoms with Gasteiger partial charge in [0.2, 0.25) is 17.4 Å². The number of nitrogens with zero attached hydrogens (tertiary/aromatic N) is 4. The van der Waals surface area contributed by atoms with Crippen LogP contribution >= 0.6 is 0 Å². The molecular weight excluding hydrogens is 1030 g/mol. The van der Waals surface area contributed by atoms with Gasteiger partial charge in [0.1, 0.15) is 11.4 Å². The van der Waals surface area contributed by atoms with E-state index in [-0.39, 0.29) is 39.9 Å². The number of aromatic hydroxyl groups is 2. The van der Waals surface area contributed by atoms with Crippen LogP contribution in [0.1, 0.15) is 74.6 Å². The van der Waals surface area contributed by atoms with Crippen molar-refractivity contribution in [3.63, 3.8) is 0 Å². The van der Waals surface area contributed by atoms with E-state index in [4.69, 9.17) is 4.84 Å². The monoisotopic (exact) mass is 1080 g/mol. The third-order valence-electron chi connectivity index (χ3n) is 12.9. The van der Waals surface area contributed by atoms with Gasteiger partial charge in [-0.05, 0) is 103 Å². The molecule has 0 unspecified atom stereocenters. The number of pyridine rings is 1. The molecule has 0 radical (unpaired) electrons. The Morgan fingerprint density at radius 2 is 1.40 bits per heavy atom. The van der Waals surface area contributed by atoms with Crippen molar-refractivity contribution in [1.82, 2.24) is 9.71 Å². The van der Waals surface area contributed by atoms with E-state index in [0.717, 1.165) is 18.2 Å². The topological polar surface area (TPSA) is 308 Å². The molecule has 73 heavy (non-hydrogen) atoms. The second-order valence-electron chi connectivity index (χ2n) is 18.5. The summed E-state index contributed by atoms with van der Waals surface area (Å²) < 4.78 is 141. The molecule has 0 saturated heterocycles. The number of fused-ring (bicyclic) bond motifs is 6. The molecule has 0 amide bonds. The fraction of sp³-hybridized carbons (Fsp3) is 0.245. The molecule has 6 N–H and O–H groups in total. The molecule has 4 heterocycles. The lowest BCUT2D eigenvalue weighted by atomic mass is 9.79. The van der Waals surface area contributed by atoms with E-state index in [9.17, 15) is 66.9 Å². The zero-order valence-corrected chi connectivity index (χ0v) is 42.9. The zero-order chi connectivity index (χ0) is 53.4. The van der Waals surface area contributed by atoms with Crippen molar-refractivity contribution in [2.75, 3.05) is 23.7 Å². The average Bonchev–Trinajstić information content (AvgIpc) is 3.82. The Balaban J connectivity index is 1.32. The Labute approximate surface area is 420 Å². The Kier molecular flexibility index (Phi) is 13.4. The fourth-order valence-electron chi connectivity index (χ4n) is 9.71. The molecule has 2 aliphatic heterocycles. The Morgan fingerprint density at radius 1 is 0.740 bits per heavy atom. The fourth-order valence-corrected chi connectivity index (χ4v) is 12.1. The van der Waals surface area contributed by atoms with Crippen molar-refractivity contribution in [2.24, 2.45) is 0 Å². The molecule has 0 fully saturated rings. The number of aromatic nitrogens is 2. The average molecular weight is 1080 g/mol. The highest BCUT2D eigenvalue weighted by molar-refractivity contribution is 7.87. The van der Waals surface area contributed by atoms with Gasteiger partial charge in [-0.25, -0.2) is 4.79 Å². The van der Waals surface area contributed by atoms with Crippen LogP contribution in [0, 0.1) is 0 Å². The number of carbonyl (C=O) groups is 1. The molecule has 2 aliphatic rings. The molecule has 384 valence electrons. The summed E-state index contributed by atoms with van der Waals surface area (Å²) in [5, 5.41) is 21.4. The van der Waals surface area contributed by atoms with Gasteiger partial charge in [0, 0.05) is 76.8 Å². The quantitative estimate of drug-likeness (QED) is 0.0343. The molecule has 0 aliphatic carbocycles. The van der Waals surface area contributed by atoms with E-state index in [2.05, 4.69) is 4.98 Å². The van der Waals surface area contributed by atoms with Crippen LogP contribution in [0.4, 0.5) is 11.4 Å². The van der Waals surface area contributed by atoms with Gasteiger partial charge in [-0.1, -0.05) is 39.0 Å². The predicted octanol–water partition coefficient (Wildman–Crippen LogP) is 7.00. The summed E-state index contributed by atoms with van der Waals surface area (Å²) in [4.78, 5) is 23.1. The van der Waals surface area contributed by atoms with Crippen molar-refractivity contribution in [3.05, 3.63) is 137 Å². The number of allylic oxidation sites excluding steroid dienone is 6. The maximum absolute atomic E-state index is 13.2. The summed E-state index contributed by atoms with van der Waals surface area (Å²) in [7, 11) is -19.0. The van der Waals surface area contributed by atoms with Crippen molar-refractivity contribution >= 4 is 90.6 Å². The highest BCUT2D eigenvalue weighted by Gasteiger charge is 2.46. The van der Waals surface area contributed by atoms with E-state index < -0.39 is 84.6 Å². The van der Waals surface area contributed by atoms with E-state index in [0.29, 0.717) is 74.0 Å². The normalized spacial score (nSPS) is 16.5. The molecule has 0 atom stereocenters. The molecule has 6 aromatic rings. The van der Waals surface area contributed by atoms with E-state index in [1.54, 1.807) is 48.6 Å². The minimum Gasteiger partial charge on any atom is -0.492 e. The number of carbonyl (C=O) groups excluding carboxylic acids is 1. The lowest BCUT2D eigenvalue weighted by Gasteiger charge is -2.27. The van der Waals surface area contributed by atoms with Crippen molar-refractivity contribution in [1.29, 1.82) is 0 Å². The number of anilines is 1. The Hall–Kier alpha value is -6.77. The predicted molar refractivity (Wildman–Crippen MR) is 270 cm³/mol. The smallest absolute Gasteiger partial charge is 0.365 e. The van der Waals surface area contributed by atoms with Gasteiger partial charge in [0.05, 0.1) is 32.2 Å². The van der Waals surface area contributed by atoms with E-state index in [1.165, 1.54) is 36.5 Å². The molecule has 0 saturated carbocycles. The highest BCUT2D eigenvalue weighted by atomic mass is 32.2. The molecule has 0 bridgehead atoms. The number of rotatable bonds is 15. The second-order valence-corrected chi connectivity index (χ2v) is 24.3. The minimum absolute atomic E-state index is 0.00364. The summed E-state index contributed by atoms with van der Waals surface area (Å²) in [6, 6.07) is 17.8. The first kappa shape index (κ1) is 52.5. The van der Waals surface area contributed by atoms with E-state index >= 15 is 0 Å². The molecule has 2 aromatic heterocycles. The van der Waals surface area contributed by atoms with Crippen LogP contribution in [-0.4, -0.2) is 107 Å².